The molecule has 0 atom stereocenters. The third kappa shape index (κ3) is 10.2. The Bertz CT molecular complexity index is 235. The first-order valence-electron chi connectivity index (χ1n) is 8.68. The predicted octanol–water partition coefficient (Wildman–Crippen LogP) is 2.34. The van der Waals surface area contributed by atoms with Crippen molar-refractivity contribution in [3.8, 4) is 0 Å². The minimum atomic E-state index is 0.790. The molecule has 2 aliphatic rings. The Kier molecular flexibility index (Phi) is 10.3. The van der Waals surface area contributed by atoms with Gasteiger partial charge in [-0.1, -0.05) is 27.7 Å². The van der Waals surface area contributed by atoms with Crippen LogP contribution in [0.4, 0.5) is 0 Å². The van der Waals surface area contributed by atoms with Gasteiger partial charge in [0.2, 0.25) is 0 Å². The summed E-state index contributed by atoms with van der Waals surface area (Å²) in [4.78, 5) is 4.96. The van der Waals surface area contributed by atoms with E-state index < -0.39 is 0 Å². The Hall–Kier alpha value is -0.160. The molecule has 0 bridgehead atoms. The standard InChI is InChI=1S/C9H19NO.C8H17NO/c1-9(2)3-4-10-5-7-11-8-6-10;1-8(2)7-9-3-5-10-6-4-9/h9H,3-8H2,1-2H3;8H,3-7H2,1-2H3. The van der Waals surface area contributed by atoms with E-state index >= 15 is 0 Å². The molecule has 21 heavy (non-hydrogen) atoms. The minimum absolute atomic E-state index is 0.790. The monoisotopic (exact) mass is 300 g/mol. The van der Waals surface area contributed by atoms with Gasteiger partial charge in [0, 0.05) is 32.7 Å². The number of nitrogens with zero attached hydrogens (tertiary/aromatic N) is 2. The van der Waals surface area contributed by atoms with Crippen LogP contribution in [0.2, 0.25) is 0 Å². The Labute approximate surface area is 131 Å². The van der Waals surface area contributed by atoms with Gasteiger partial charge in [-0.2, -0.15) is 0 Å². The van der Waals surface area contributed by atoms with Crippen LogP contribution in [-0.2, 0) is 9.47 Å². The maximum atomic E-state index is 5.26. The van der Waals surface area contributed by atoms with Crippen molar-refractivity contribution in [3.05, 3.63) is 0 Å². The van der Waals surface area contributed by atoms with Gasteiger partial charge in [0.1, 0.15) is 0 Å². The summed E-state index contributed by atoms with van der Waals surface area (Å²) in [5.74, 6) is 1.62. The van der Waals surface area contributed by atoms with E-state index in [1.54, 1.807) is 0 Å². The Morgan fingerprint density at radius 1 is 0.714 bits per heavy atom. The lowest BCUT2D eigenvalue weighted by atomic mass is 10.1. The molecule has 0 aromatic heterocycles. The van der Waals surface area contributed by atoms with Gasteiger partial charge in [0.05, 0.1) is 26.4 Å². The Balaban J connectivity index is 0.000000211. The van der Waals surface area contributed by atoms with Crippen LogP contribution < -0.4 is 0 Å². The van der Waals surface area contributed by atoms with Gasteiger partial charge in [0.25, 0.3) is 0 Å². The van der Waals surface area contributed by atoms with E-state index in [0.29, 0.717) is 0 Å². The lowest BCUT2D eigenvalue weighted by molar-refractivity contribution is 0.0329. The van der Waals surface area contributed by atoms with Crippen LogP contribution in [-0.4, -0.2) is 75.5 Å². The summed E-state index contributed by atoms with van der Waals surface area (Å²) in [6.07, 6.45) is 1.32. The molecule has 0 spiro atoms. The maximum Gasteiger partial charge on any atom is 0.0594 e. The highest BCUT2D eigenvalue weighted by atomic mass is 16.5. The van der Waals surface area contributed by atoms with Crippen LogP contribution in [0.3, 0.4) is 0 Å². The second kappa shape index (κ2) is 11.4. The third-order valence-corrected chi connectivity index (χ3v) is 3.85. The van der Waals surface area contributed by atoms with Crippen molar-refractivity contribution >= 4 is 0 Å². The number of ether oxygens (including phenoxy) is 2. The first-order valence-corrected chi connectivity index (χ1v) is 8.68. The summed E-state index contributed by atoms with van der Waals surface area (Å²) in [7, 11) is 0. The number of hydrogen-bond acceptors (Lipinski definition) is 4. The van der Waals surface area contributed by atoms with Crippen LogP contribution in [0, 0.1) is 11.8 Å². The molecule has 0 radical (unpaired) electrons. The SMILES string of the molecule is CC(C)CCN1CCOCC1.CC(C)CN1CCOCC1. The number of rotatable bonds is 5. The highest BCUT2D eigenvalue weighted by Crippen LogP contribution is 2.04. The first kappa shape index (κ1) is 18.9. The molecular formula is C17H36N2O2. The molecule has 2 saturated heterocycles. The third-order valence-electron chi connectivity index (χ3n) is 3.85. The van der Waals surface area contributed by atoms with E-state index in [9.17, 15) is 0 Å². The van der Waals surface area contributed by atoms with Crippen molar-refractivity contribution in [2.24, 2.45) is 11.8 Å². The van der Waals surface area contributed by atoms with Crippen LogP contribution in [0.15, 0.2) is 0 Å². The molecule has 4 heteroatoms. The van der Waals surface area contributed by atoms with E-state index in [-0.39, 0.29) is 0 Å². The molecule has 126 valence electrons. The number of hydrogen-bond donors (Lipinski definition) is 0. The van der Waals surface area contributed by atoms with Gasteiger partial charge in [-0.25, -0.2) is 0 Å². The molecule has 0 unspecified atom stereocenters. The van der Waals surface area contributed by atoms with Gasteiger partial charge in [0.15, 0.2) is 0 Å². The molecule has 2 fully saturated rings. The summed E-state index contributed by atoms with van der Waals surface area (Å²) in [5.41, 5.74) is 0. The fourth-order valence-corrected chi connectivity index (χ4v) is 2.57. The molecule has 0 amide bonds. The zero-order valence-electron chi connectivity index (χ0n) is 14.6. The van der Waals surface area contributed by atoms with Gasteiger partial charge >= 0.3 is 0 Å². The lowest BCUT2D eigenvalue weighted by Crippen LogP contribution is -2.38. The van der Waals surface area contributed by atoms with Crippen molar-refractivity contribution in [1.29, 1.82) is 0 Å². The average molecular weight is 300 g/mol. The van der Waals surface area contributed by atoms with Crippen molar-refractivity contribution in [3.63, 3.8) is 0 Å². The molecule has 2 rings (SSSR count). The van der Waals surface area contributed by atoms with Crippen LogP contribution >= 0.6 is 0 Å². The van der Waals surface area contributed by atoms with Gasteiger partial charge in [-0.05, 0) is 24.8 Å². The fourth-order valence-electron chi connectivity index (χ4n) is 2.57. The van der Waals surface area contributed by atoms with Crippen LogP contribution in [0.1, 0.15) is 34.1 Å². The zero-order chi connectivity index (χ0) is 15.5. The van der Waals surface area contributed by atoms with Crippen molar-refractivity contribution in [1.82, 2.24) is 9.80 Å². The smallest absolute Gasteiger partial charge is 0.0594 e. The summed E-state index contributed by atoms with van der Waals surface area (Å²) >= 11 is 0. The molecule has 0 saturated carbocycles. The van der Waals surface area contributed by atoms with Crippen molar-refractivity contribution in [2.75, 3.05) is 65.7 Å². The summed E-state index contributed by atoms with van der Waals surface area (Å²) in [5, 5.41) is 0. The molecule has 4 nitrogen and oxygen atoms in total. The largest absolute Gasteiger partial charge is 0.379 e. The predicted molar refractivity (Wildman–Crippen MR) is 88.8 cm³/mol. The summed E-state index contributed by atoms with van der Waals surface area (Å²) in [6, 6.07) is 0. The van der Waals surface area contributed by atoms with E-state index in [1.165, 1.54) is 19.5 Å². The second-order valence-electron chi connectivity index (χ2n) is 6.94. The average Bonchev–Trinajstić information content (AvgIpc) is 2.47. The van der Waals surface area contributed by atoms with Gasteiger partial charge < -0.3 is 9.47 Å². The Morgan fingerprint density at radius 3 is 1.62 bits per heavy atom. The molecule has 0 aliphatic carbocycles. The van der Waals surface area contributed by atoms with Crippen molar-refractivity contribution < 1.29 is 9.47 Å². The summed E-state index contributed by atoms with van der Waals surface area (Å²) in [6.45, 7) is 19.8. The normalized spacial score (nSPS) is 21.4. The minimum Gasteiger partial charge on any atom is -0.379 e. The molecule has 2 heterocycles. The van der Waals surface area contributed by atoms with Crippen molar-refractivity contribution in [2.45, 2.75) is 34.1 Å². The van der Waals surface area contributed by atoms with Gasteiger partial charge in [-0.3, -0.25) is 9.80 Å². The van der Waals surface area contributed by atoms with E-state index in [4.69, 9.17) is 9.47 Å². The molecule has 0 aromatic rings. The van der Waals surface area contributed by atoms with Crippen LogP contribution in [0.25, 0.3) is 0 Å². The van der Waals surface area contributed by atoms with E-state index in [1.807, 2.05) is 0 Å². The summed E-state index contributed by atoms with van der Waals surface area (Å²) < 4.78 is 10.5. The lowest BCUT2D eigenvalue weighted by Gasteiger charge is -2.27. The van der Waals surface area contributed by atoms with E-state index in [0.717, 1.165) is 64.4 Å². The number of morpholine rings is 2. The molecule has 0 N–H and O–H groups in total. The molecular weight excluding hydrogens is 264 g/mol. The highest BCUT2D eigenvalue weighted by Gasteiger charge is 2.10. The Morgan fingerprint density at radius 2 is 1.19 bits per heavy atom. The molecule has 2 aliphatic heterocycles. The zero-order valence-corrected chi connectivity index (χ0v) is 14.6. The maximum absolute atomic E-state index is 5.26. The quantitative estimate of drug-likeness (QED) is 0.778. The first-order chi connectivity index (χ1) is 10.1. The van der Waals surface area contributed by atoms with Gasteiger partial charge in [-0.15, -0.1) is 0 Å². The highest BCUT2D eigenvalue weighted by molar-refractivity contribution is 4.63. The fraction of sp³-hybridized carbons (Fsp3) is 1.00. The second-order valence-corrected chi connectivity index (χ2v) is 6.94. The van der Waals surface area contributed by atoms with Crippen LogP contribution in [0.5, 0.6) is 0 Å². The molecule has 0 aromatic carbocycles. The topological polar surface area (TPSA) is 24.9 Å². The van der Waals surface area contributed by atoms with E-state index in [2.05, 4.69) is 37.5 Å².